The van der Waals surface area contributed by atoms with Gasteiger partial charge in [-0.25, -0.2) is 9.50 Å². The summed E-state index contributed by atoms with van der Waals surface area (Å²) in [5.41, 5.74) is 3.26. The first kappa shape index (κ1) is 20.3. The molecule has 0 aliphatic carbocycles. The van der Waals surface area contributed by atoms with Gasteiger partial charge >= 0.3 is 5.97 Å². The zero-order chi connectivity index (χ0) is 20.3. The summed E-state index contributed by atoms with van der Waals surface area (Å²) in [6.45, 7) is 3.89. The zero-order valence-corrected chi connectivity index (χ0v) is 17.8. The molecular formula is C18H21N5O3S2. The molecule has 0 aromatic carbocycles. The van der Waals surface area contributed by atoms with Crippen LogP contribution >= 0.6 is 23.1 Å². The molecule has 0 aliphatic heterocycles. The molecule has 3 rings (SSSR count). The quantitative estimate of drug-likeness (QED) is 0.429. The number of hydrogen-bond acceptors (Lipinski definition) is 8. The molecule has 10 heteroatoms. The molecule has 1 amide bonds. The van der Waals surface area contributed by atoms with Crippen molar-refractivity contribution in [1.29, 1.82) is 0 Å². The van der Waals surface area contributed by atoms with Gasteiger partial charge in [0.15, 0.2) is 6.61 Å². The highest BCUT2D eigenvalue weighted by Crippen LogP contribution is 2.17. The highest BCUT2D eigenvalue weighted by atomic mass is 32.2. The van der Waals surface area contributed by atoms with Gasteiger partial charge in [-0.15, -0.1) is 5.10 Å². The number of ether oxygens (including phenoxy) is 1. The van der Waals surface area contributed by atoms with Gasteiger partial charge in [-0.3, -0.25) is 9.59 Å². The summed E-state index contributed by atoms with van der Waals surface area (Å²) >= 11 is 3.00. The number of thioether (sulfide) groups is 1. The second-order valence-electron chi connectivity index (χ2n) is 6.29. The van der Waals surface area contributed by atoms with E-state index in [0.717, 1.165) is 16.8 Å². The van der Waals surface area contributed by atoms with Crippen LogP contribution in [0.5, 0.6) is 0 Å². The summed E-state index contributed by atoms with van der Waals surface area (Å²) in [6.07, 6.45) is 1.91. The van der Waals surface area contributed by atoms with E-state index in [4.69, 9.17) is 4.74 Å². The average molecular weight is 420 g/mol. The molecule has 28 heavy (non-hydrogen) atoms. The number of likely N-dealkylation sites (N-methyl/N-ethyl adjacent to an activating group) is 1. The summed E-state index contributed by atoms with van der Waals surface area (Å²) in [6, 6.07) is 1.96. The largest absolute Gasteiger partial charge is 0.455 e. The first-order valence-corrected chi connectivity index (χ1v) is 10.7. The number of aryl methyl sites for hydroxylation is 2. The van der Waals surface area contributed by atoms with E-state index in [1.807, 2.05) is 36.9 Å². The predicted octanol–water partition coefficient (Wildman–Crippen LogP) is 2.27. The highest BCUT2D eigenvalue weighted by Gasteiger charge is 2.18. The first-order valence-electron chi connectivity index (χ1n) is 8.56. The lowest BCUT2D eigenvalue weighted by Gasteiger charge is -2.16. The van der Waals surface area contributed by atoms with Gasteiger partial charge in [-0.1, -0.05) is 11.8 Å². The van der Waals surface area contributed by atoms with Crippen molar-refractivity contribution in [3.63, 3.8) is 0 Å². The minimum Gasteiger partial charge on any atom is -0.455 e. The van der Waals surface area contributed by atoms with E-state index in [1.54, 1.807) is 27.8 Å². The third-order valence-electron chi connectivity index (χ3n) is 4.32. The third kappa shape index (κ3) is 4.50. The smallest absolute Gasteiger partial charge is 0.310 e. The fourth-order valence-corrected chi connectivity index (χ4v) is 3.72. The van der Waals surface area contributed by atoms with Gasteiger partial charge in [0.2, 0.25) is 5.16 Å². The number of esters is 1. The molecule has 0 atom stereocenters. The highest BCUT2D eigenvalue weighted by molar-refractivity contribution is 7.98. The summed E-state index contributed by atoms with van der Waals surface area (Å²) in [7, 11) is 1.69. The van der Waals surface area contributed by atoms with Crippen molar-refractivity contribution in [1.82, 2.24) is 24.5 Å². The molecule has 0 spiro atoms. The fourth-order valence-electron chi connectivity index (χ4n) is 2.72. The maximum absolute atomic E-state index is 12.3. The summed E-state index contributed by atoms with van der Waals surface area (Å²) in [5, 5.41) is 8.93. The molecular weight excluding hydrogens is 398 g/mol. The maximum Gasteiger partial charge on any atom is 0.310 e. The van der Waals surface area contributed by atoms with Crippen molar-refractivity contribution >= 4 is 40.8 Å². The minimum atomic E-state index is -0.477. The normalized spacial score (nSPS) is 11.0. The standard InChI is InChI=1S/C18H21N5O3S2/c1-11-14(12(2)23-17(19-11)20-18(21-23)27-4)7-16(25)26-9-15(24)22(3)8-13-5-6-28-10-13/h5-6,10H,7-9H2,1-4H3. The van der Waals surface area contributed by atoms with Crippen LogP contribution in [0.2, 0.25) is 0 Å². The van der Waals surface area contributed by atoms with Crippen LogP contribution in [-0.2, 0) is 27.3 Å². The second kappa shape index (κ2) is 8.70. The van der Waals surface area contributed by atoms with Crippen molar-refractivity contribution in [3.05, 3.63) is 39.3 Å². The molecule has 0 N–H and O–H groups in total. The Hall–Kier alpha value is -2.46. The Morgan fingerprint density at radius 2 is 2.11 bits per heavy atom. The van der Waals surface area contributed by atoms with Crippen molar-refractivity contribution in [2.75, 3.05) is 19.9 Å². The van der Waals surface area contributed by atoms with Crippen molar-refractivity contribution in [2.24, 2.45) is 0 Å². The number of rotatable bonds is 7. The van der Waals surface area contributed by atoms with Gasteiger partial charge < -0.3 is 9.64 Å². The lowest BCUT2D eigenvalue weighted by Crippen LogP contribution is -2.31. The van der Waals surface area contributed by atoms with Crippen LogP contribution in [0.1, 0.15) is 22.5 Å². The zero-order valence-electron chi connectivity index (χ0n) is 16.1. The molecule has 0 bridgehead atoms. The van der Waals surface area contributed by atoms with E-state index in [1.165, 1.54) is 11.8 Å². The second-order valence-corrected chi connectivity index (χ2v) is 7.84. The Morgan fingerprint density at radius 3 is 2.79 bits per heavy atom. The molecule has 0 fully saturated rings. The van der Waals surface area contributed by atoms with E-state index in [2.05, 4.69) is 15.1 Å². The van der Waals surface area contributed by atoms with Crippen molar-refractivity contribution < 1.29 is 14.3 Å². The minimum absolute atomic E-state index is 0.0244. The SMILES string of the molecule is CSc1nc2nc(C)c(CC(=O)OCC(=O)N(C)Cc3ccsc3)c(C)n2n1. The van der Waals surface area contributed by atoms with E-state index in [9.17, 15) is 9.59 Å². The van der Waals surface area contributed by atoms with E-state index < -0.39 is 5.97 Å². The van der Waals surface area contributed by atoms with Crippen LogP contribution in [0.3, 0.4) is 0 Å². The molecule has 0 saturated heterocycles. The summed E-state index contributed by atoms with van der Waals surface area (Å²) in [4.78, 5) is 34.8. The number of carbonyl (C=O) groups is 2. The summed E-state index contributed by atoms with van der Waals surface area (Å²) < 4.78 is 6.82. The maximum atomic E-state index is 12.3. The number of fused-ring (bicyclic) bond motifs is 1. The van der Waals surface area contributed by atoms with Crippen molar-refractivity contribution in [2.45, 2.75) is 32.0 Å². The molecule has 0 unspecified atom stereocenters. The van der Waals surface area contributed by atoms with Crippen LogP contribution in [0, 0.1) is 13.8 Å². The van der Waals surface area contributed by atoms with Gasteiger partial charge in [-0.2, -0.15) is 16.3 Å². The number of thiophene rings is 1. The van der Waals surface area contributed by atoms with Crippen molar-refractivity contribution in [3.8, 4) is 0 Å². The molecule has 3 heterocycles. The predicted molar refractivity (Wildman–Crippen MR) is 107 cm³/mol. The lowest BCUT2D eigenvalue weighted by molar-refractivity contribution is -0.151. The van der Waals surface area contributed by atoms with Crippen LogP contribution < -0.4 is 0 Å². The fraction of sp³-hybridized carbons (Fsp3) is 0.389. The van der Waals surface area contributed by atoms with Crippen LogP contribution in [0.25, 0.3) is 5.78 Å². The topological polar surface area (TPSA) is 89.7 Å². The molecule has 3 aromatic rings. The van der Waals surface area contributed by atoms with E-state index in [-0.39, 0.29) is 18.9 Å². The summed E-state index contributed by atoms with van der Waals surface area (Å²) in [5.74, 6) is -0.223. The number of hydrogen-bond donors (Lipinski definition) is 0. The van der Waals surface area contributed by atoms with Gasteiger partial charge in [0.25, 0.3) is 11.7 Å². The Kier molecular flexibility index (Phi) is 6.30. The number of carbonyl (C=O) groups excluding carboxylic acids is 2. The number of aromatic nitrogens is 4. The van der Waals surface area contributed by atoms with Gasteiger partial charge in [0.1, 0.15) is 0 Å². The van der Waals surface area contributed by atoms with Gasteiger partial charge in [0, 0.05) is 30.5 Å². The lowest BCUT2D eigenvalue weighted by atomic mass is 10.1. The Bertz CT molecular complexity index is 1000. The molecule has 148 valence electrons. The third-order valence-corrected chi connectivity index (χ3v) is 5.59. The molecule has 3 aromatic heterocycles. The first-order chi connectivity index (χ1) is 13.4. The average Bonchev–Trinajstić information content (AvgIpc) is 3.32. The number of nitrogens with zero attached hydrogens (tertiary/aromatic N) is 5. The van der Waals surface area contributed by atoms with Gasteiger partial charge in [-0.05, 0) is 42.5 Å². The van der Waals surface area contributed by atoms with E-state index in [0.29, 0.717) is 23.2 Å². The molecule has 0 radical (unpaired) electrons. The number of amides is 1. The Labute approximate surface area is 170 Å². The Balaban J connectivity index is 1.62. The Morgan fingerprint density at radius 1 is 1.32 bits per heavy atom. The molecule has 8 nitrogen and oxygen atoms in total. The van der Waals surface area contributed by atoms with Gasteiger partial charge in [0.05, 0.1) is 6.42 Å². The van der Waals surface area contributed by atoms with Crippen LogP contribution in [0.4, 0.5) is 0 Å². The van der Waals surface area contributed by atoms with Crippen LogP contribution in [-0.4, -0.2) is 56.3 Å². The monoisotopic (exact) mass is 419 g/mol. The molecule has 0 saturated carbocycles. The molecule has 0 aliphatic rings. The van der Waals surface area contributed by atoms with Crippen LogP contribution in [0.15, 0.2) is 22.0 Å². The van der Waals surface area contributed by atoms with E-state index >= 15 is 0 Å².